The first-order chi connectivity index (χ1) is 17.3. The van der Waals surface area contributed by atoms with Crippen molar-refractivity contribution in [2.24, 2.45) is 5.92 Å². The molecule has 10 nitrogen and oxygen atoms in total. The maximum atomic E-state index is 13.0. The number of carbonyl (C=O) groups is 1. The number of hydroxylamine groups is 1. The number of piperidine rings is 1. The van der Waals surface area contributed by atoms with Gasteiger partial charge < -0.3 is 14.7 Å². The molecule has 1 saturated heterocycles. The van der Waals surface area contributed by atoms with Crippen LogP contribution in [0.1, 0.15) is 17.7 Å². The fourth-order valence-corrected chi connectivity index (χ4v) is 5.82. The van der Waals surface area contributed by atoms with Crippen molar-refractivity contribution < 1.29 is 28.3 Å². The molecule has 192 valence electrons. The van der Waals surface area contributed by atoms with Gasteiger partial charge in [-0.25, -0.2) is 18.6 Å². The Kier molecular flexibility index (Phi) is 8.17. The normalized spacial score (nSPS) is 18.8. The number of aromatic nitrogens is 1. The summed E-state index contributed by atoms with van der Waals surface area (Å²) in [6, 6.07) is 15.2. The van der Waals surface area contributed by atoms with Gasteiger partial charge in [0.15, 0.2) is 0 Å². The number of aliphatic hydroxyl groups is 1. The Hall–Kier alpha value is -3.09. The van der Waals surface area contributed by atoms with Crippen molar-refractivity contribution in [1.29, 1.82) is 0 Å². The maximum absolute atomic E-state index is 13.0. The predicted molar refractivity (Wildman–Crippen MR) is 133 cm³/mol. The summed E-state index contributed by atoms with van der Waals surface area (Å²) in [7, 11) is -3.93. The van der Waals surface area contributed by atoms with E-state index in [0.29, 0.717) is 31.9 Å². The number of aliphatic hydroxyl groups excluding tert-OH is 1. The summed E-state index contributed by atoms with van der Waals surface area (Å²) in [5, 5.41) is 19.3. The summed E-state index contributed by atoms with van der Waals surface area (Å²) in [4.78, 5) is 18.6. The van der Waals surface area contributed by atoms with Crippen molar-refractivity contribution >= 4 is 26.8 Å². The van der Waals surface area contributed by atoms with Crippen molar-refractivity contribution in [2.75, 3.05) is 26.2 Å². The number of fused-ring (bicyclic) bond motifs is 1. The van der Waals surface area contributed by atoms with Gasteiger partial charge in [-0.2, -0.15) is 0 Å². The summed E-state index contributed by atoms with van der Waals surface area (Å²) in [6.45, 7) is 3.25. The lowest BCUT2D eigenvalue weighted by Crippen LogP contribution is -2.55. The van der Waals surface area contributed by atoms with Gasteiger partial charge in [-0.1, -0.05) is 18.2 Å². The highest BCUT2D eigenvalue weighted by Gasteiger charge is 2.36. The topological polar surface area (TPSA) is 141 Å². The summed E-state index contributed by atoms with van der Waals surface area (Å²) in [5.41, 5.74) is 4.37. The smallest absolute Gasteiger partial charge is 0.249 e. The Bertz CT molecular complexity index is 1320. The van der Waals surface area contributed by atoms with E-state index < -0.39 is 27.9 Å². The van der Waals surface area contributed by atoms with Gasteiger partial charge in [0.05, 0.1) is 22.9 Å². The highest BCUT2D eigenvalue weighted by Crippen LogP contribution is 2.24. The van der Waals surface area contributed by atoms with Gasteiger partial charge in [-0.3, -0.25) is 15.0 Å². The second kappa shape index (κ2) is 11.3. The van der Waals surface area contributed by atoms with E-state index in [9.17, 15) is 13.2 Å². The number of hydrogen-bond acceptors (Lipinski definition) is 8. The highest BCUT2D eigenvalue weighted by molar-refractivity contribution is 7.89. The Morgan fingerprint density at radius 1 is 1.19 bits per heavy atom. The molecule has 0 unspecified atom stereocenters. The third-order valence-corrected chi connectivity index (χ3v) is 7.83. The first kappa shape index (κ1) is 26.0. The summed E-state index contributed by atoms with van der Waals surface area (Å²) in [5.74, 6) is -0.957. The molecule has 1 amide bonds. The van der Waals surface area contributed by atoms with Crippen LogP contribution < -0.4 is 14.9 Å². The number of rotatable bonds is 9. The number of hydrogen-bond donors (Lipinski definition) is 4. The van der Waals surface area contributed by atoms with Crippen molar-refractivity contribution in [2.45, 2.75) is 30.9 Å². The molecule has 1 aromatic heterocycles. The number of β-amino-alcohol motifs (C(OH)–C–C–N with tert-alkyl or cyclic N) is 1. The third-order valence-electron chi connectivity index (χ3n) is 6.32. The largest absolute Gasteiger partial charge is 0.489 e. The third kappa shape index (κ3) is 6.00. The molecule has 4 rings (SSSR count). The lowest BCUT2D eigenvalue weighted by atomic mass is 9.92. The van der Waals surface area contributed by atoms with E-state index >= 15 is 0 Å². The molecule has 11 heteroatoms. The van der Waals surface area contributed by atoms with Gasteiger partial charge >= 0.3 is 0 Å². The van der Waals surface area contributed by atoms with Gasteiger partial charge in [0.1, 0.15) is 12.4 Å². The zero-order valence-corrected chi connectivity index (χ0v) is 20.7. The molecule has 0 aliphatic carbocycles. The minimum atomic E-state index is -3.93. The fourth-order valence-electron chi connectivity index (χ4n) is 4.51. The van der Waals surface area contributed by atoms with Crippen LogP contribution >= 0.6 is 0 Å². The maximum Gasteiger partial charge on any atom is 0.249 e. The molecule has 4 N–H and O–H groups in total. The number of nitrogens with one attached hydrogen (secondary N) is 2. The molecule has 3 aromatic rings. The number of ether oxygens (including phenoxy) is 1. The van der Waals surface area contributed by atoms with E-state index in [0.717, 1.165) is 22.2 Å². The van der Waals surface area contributed by atoms with E-state index in [1.165, 1.54) is 12.1 Å². The molecule has 2 atom stereocenters. The van der Waals surface area contributed by atoms with Crippen LogP contribution in [0.25, 0.3) is 10.9 Å². The SMILES string of the molecule is Cc1cc(COc2ccc(S(=O)(=O)N[C@@H]3CCN(CCO)C[C@H]3C(=O)NO)cc2)c2ccccc2n1. The Labute approximate surface area is 209 Å². The molecule has 0 spiro atoms. The first-order valence-electron chi connectivity index (χ1n) is 11.7. The van der Waals surface area contributed by atoms with Crippen LogP contribution in [0, 0.1) is 12.8 Å². The molecule has 0 saturated carbocycles. The highest BCUT2D eigenvalue weighted by atomic mass is 32.2. The van der Waals surface area contributed by atoms with Crippen LogP contribution in [-0.4, -0.2) is 66.8 Å². The number of pyridine rings is 1. The Balaban J connectivity index is 1.44. The van der Waals surface area contributed by atoms with E-state index in [2.05, 4.69) is 9.71 Å². The minimum absolute atomic E-state index is 0.0426. The number of para-hydroxylation sites is 1. The zero-order valence-electron chi connectivity index (χ0n) is 19.9. The Morgan fingerprint density at radius 3 is 2.67 bits per heavy atom. The number of sulfonamides is 1. The van der Waals surface area contributed by atoms with Gasteiger partial charge in [-0.15, -0.1) is 0 Å². The molecular weight excluding hydrogens is 484 g/mol. The second-order valence-electron chi connectivity index (χ2n) is 8.82. The first-order valence-corrected chi connectivity index (χ1v) is 13.2. The van der Waals surface area contributed by atoms with Crippen LogP contribution in [0.15, 0.2) is 59.5 Å². The second-order valence-corrected chi connectivity index (χ2v) is 10.5. The molecular formula is C25H30N4O6S. The van der Waals surface area contributed by atoms with Gasteiger partial charge in [0.2, 0.25) is 15.9 Å². The predicted octanol–water partition coefficient (Wildman–Crippen LogP) is 1.59. The monoisotopic (exact) mass is 514 g/mol. The van der Waals surface area contributed by atoms with Crippen LogP contribution in [0.2, 0.25) is 0 Å². The molecule has 36 heavy (non-hydrogen) atoms. The summed E-state index contributed by atoms with van der Waals surface area (Å²) < 4.78 is 34.6. The van der Waals surface area contributed by atoms with Gasteiger partial charge in [-0.05, 0) is 56.3 Å². The number of aryl methyl sites for hydroxylation is 1. The molecule has 2 heterocycles. The van der Waals surface area contributed by atoms with Crippen LogP contribution in [-0.2, 0) is 21.4 Å². The zero-order chi connectivity index (χ0) is 25.7. The van der Waals surface area contributed by atoms with E-state index in [-0.39, 0.29) is 18.0 Å². The average molecular weight is 515 g/mol. The number of benzene rings is 2. The van der Waals surface area contributed by atoms with Crippen LogP contribution in [0.5, 0.6) is 5.75 Å². The number of carbonyl (C=O) groups excluding carboxylic acids is 1. The number of amides is 1. The quantitative estimate of drug-likeness (QED) is 0.249. The molecule has 0 radical (unpaired) electrons. The van der Waals surface area contributed by atoms with E-state index in [1.807, 2.05) is 42.2 Å². The lowest BCUT2D eigenvalue weighted by Gasteiger charge is -2.37. The number of likely N-dealkylation sites (tertiary alicyclic amines) is 1. The van der Waals surface area contributed by atoms with Crippen LogP contribution in [0.3, 0.4) is 0 Å². The molecule has 1 fully saturated rings. The summed E-state index contributed by atoms with van der Waals surface area (Å²) >= 11 is 0. The fraction of sp³-hybridized carbons (Fsp3) is 0.360. The molecule has 1 aliphatic heterocycles. The van der Waals surface area contributed by atoms with Crippen molar-refractivity contribution in [3.63, 3.8) is 0 Å². The average Bonchev–Trinajstić information content (AvgIpc) is 2.88. The minimum Gasteiger partial charge on any atom is -0.489 e. The van der Waals surface area contributed by atoms with Crippen molar-refractivity contribution in [3.05, 3.63) is 65.9 Å². The Morgan fingerprint density at radius 2 is 1.94 bits per heavy atom. The van der Waals surface area contributed by atoms with E-state index in [1.54, 1.807) is 17.6 Å². The summed E-state index contributed by atoms with van der Waals surface area (Å²) in [6.07, 6.45) is 0.359. The van der Waals surface area contributed by atoms with Gasteiger partial charge in [0, 0.05) is 35.8 Å². The van der Waals surface area contributed by atoms with E-state index in [4.69, 9.17) is 15.1 Å². The molecule has 2 aromatic carbocycles. The molecule has 1 aliphatic rings. The van der Waals surface area contributed by atoms with Crippen LogP contribution in [0.4, 0.5) is 0 Å². The molecule has 0 bridgehead atoms. The number of nitrogens with zero attached hydrogens (tertiary/aromatic N) is 2. The van der Waals surface area contributed by atoms with Crippen molar-refractivity contribution in [3.8, 4) is 5.75 Å². The standard InChI is InChI=1S/C25H30N4O6S/c1-17-14-18(21-4-2-3-5-23(21)26-17)16-35-19-6-8-20(9-7-19)36(33,34)28-24-10-11-29(12-13-30)15-22(24)25(31)27-32/h2-9,14,22,24,28,30,32H,10-13,15-16H2,1H3,(H,27,31)/t22-,24-/m1/s1. The van der Waals surface area contributed by atoms with Gasteiger partial charge in [0.25, 0.3) is 0 Å². The lowest BCUT2D eigenvalue weighted by molar-refractivity contribution is -0.136. The van der Waals surface area contributed by atoms with Crippen molar-refractivity contribution in [1.82, 2.24) is 20.1 Å².